The fourth-order valence-electron chi connectivity index (χ4n) is 2.49. The van der Waals surface area contributed by atoms with Crippen molar-refractivity contribution in [1.82, 2.24) is 4.72 Å². The van der Waals surface area contributed by atoms with Crippen LogP contribution in [-0.4, -0.2) is 38.7 Å². The van der Waals surface area contributed by atoms with Crippen molar-refractivity contribution in [1.29, 1.82) is 0 Å². The summed E-state index contributed by atoms with van der Waals surface area (Å²) in [5.74, 6) is -0.708. The molecule has 21 heavy (non-hydrogen) atoms. The van der Waals surface area contributed by atoms with Crippen molar-refractivity contribution in [3.8, 4) is 0 Å². The Balaban J connectivity index is 2.29. The van der Waals surface area contributed by atoms with Gasteiger partial charge in [0.15, 0.2) is 0 Å². The summed E-state index contributed by atoms with van der Waals surface area (Å²) in [5.41, 5.74) is -0.0159. The van der Waals surface area contributed by atoms with Gasteiger partial charge >= 0.3 is 5.97 Å². The zero-order chi connectivity index (χ0) is 15.5. The largest absolute Gasteiger partial charge is 0.465 e. The van der Waals surface area contributed by atoms with Crippen molar-refractivity contribution in [2.45, 2.75) is 42.7 Å². The first-order valence-electron chi connectivity index (χ1n) is 6.83. The molecule has 0 spiro atoms. The lowest BCUT2D eigenvalue weighted by atomic mass is 9.93. The molecule has 6 nitrogen and oxygen atoms in total. The van der Waals surface area contributed by atoms with E-state index in [-0.39, 0.29) is 10.5 Å². The van der Waals surface area contributed by atoms with Crippen molar-refractivity contribution in [3.63, 3.8) is 0 Å². The van der Waals surface area contributed by atoms with E-state index in [2.05, 4.69) is 9.46 Å². The lowest BCUT2D eigenvalue weighted by Crippen LogP contribution is -2.45. The Hall–Kier alpha value is -1.44. The molecule has 2 unspecified atom stereocenters. The Bertz CT molecular complexity index is 614. The number of hydrogen-bond acceptors (Lipinski definition) is 5. The number of rotatable bonds is 4. The predicted molar refractivity (Wildman–Crippen MR) is 76.4 cm³/mol. The molecule has 0 aromatic heterocycles. The first-order chi connectivity index (χ1) is 9.95. The molecule has 7 heteroatoms. The molecular formula is C14H19NO5S. The van der Waals surface area contributed by atoms with Crippen LogP contribution in [-0.2, 0) is 14.8 Å². The summed E-state index contributed by atoms with van der Waals surface area (Å²) in [6, 6.07) is 5.34. The lowest BCUT2D eigenvalue weighted by molar-refractivity contribution is 0.0596. The molecular weight excluding hydrogens is 294 g/mol. The van der Waals surface area contributed by atoms with E-state index in [1.807, 2.05) is 0 Å². The van der Waals surface area contributed by atoms with Crippen LogP contribution in [0.2, 0.25) is 0 Å². The summed E-state index contributed by atoms with van der Waals surface area (Å²) in [6.07, 6.45) is 2.21. The number of aliphatic hydroxyl groups excluding tert-OH is 1. The number of aliphatic hydroxyl groups is 1. The van der Waals surface area contributed by atoms with Gasteiger partial charge in [0.1, 0.15) is 0 Å². The van der Waals surface area contributed by atoms with Crippen molar-refractivity contribution in [2.24, 2.45) is 0 Å². The molecule has 2 rings (SSSR count). The van der Waals surface area contributed by atoms with E-state index in [1.165, 1.54) is 25.3 Å². The molecule has 0 radical (unpaired) electrons. The van der Waals surface area contributed by atoms with Gasteiger partial charge in [-0.1, -0.05) is 25.0 Å². The normalized spacial score (nSPS) is 22.8. The summed E-state index contributed by atoms with van der Waals surface area (Å²) in [7, 11) is -2.69. The van der Waals surface area contributed by atoms with Crippen LogP contribution < -0.4 is 4.72 Å². The summed E-state index contributed by atoms with van der Waals surface area (Å²) < 4.78 is 32.0. The van der Waals surface area contributed by atoms with E-state index < -0.39 is 28.1 Å². The molecule has 0 heterocycles. The summed E-state index contributed by atoms with van der Waals surface area (Å²) in [4.78, 5) is 11.5. The monoisotopic (exact) mass is 313 g/mol. The molecule has 1 saturated carbocycles. The predicted octanol–water partition coefficient (Wildman–Crippen LogP) is 1.05. The van der Waals surface area contributed by atoms with Gasteiger partial charge in [0, 0.05) is 6.04 Å². The minimum absolute atomic E-state index is 0.0159. The fourth-order valence-corrected chi connectivity index (χ4v) is 3.99. The van der Waals surface area contributed by atoms with Gasteiger partial charge in [0.2, 0.25) is 10.0 Å². The first-order valence-corrected chi connectivity index (χ1v) is 8.32. The number of esters is 1. The van der Waals surface area contributed by atoms with Crippen LogP contribution in [0.1, 0.15) is 36.0 Å². The van der Waals surface area contributed by atoms with Crippen LogP contribution in [0.3, 0.4) is 0 Å². The van der Waals surface area contributed by atoms with E-state index in [0.717, 1.165) is 12.8 Å². The fraction of sp³-hybridized carbons (Fsp3) is 0.500. The van der Waals surface area contributed by atoms with Gasteiger partial charge in [-0.05, 0) is 25.0 Å². The number of benzene rings is 1. The molecule has 2 atom stereocenters. The number of ether oxygens (including phenoxy) is 1. The quantitative estimate of drug-likeness (QED) is 0.811. The Labute approximate surface area is 124 Å². The molecule has 1 fully saturated rings. The molecule has 0 saturated heterocycles. The second-order valence-electron chi connectivity index (χ2n) is 5.07. The second-order valence-corrected chi connectivity index (χ2v) is 6.75. The van der Waals surface area contributed by atoms with Crippen LogP contribution in [0.5, 0.6) is 0 Å². The van der Waals surface area contributed by atoms with E-state index in [9.17, 15) is 18.3 Å². The minimum atomic E-state index is -3.89. The zero-order valence-electron chi connectivity index (χ0n) is 11.8. The standard InChI is InChI=1S/C14H19NO5S/c1-20-14(17)10-6-2-5-9-13(10)21(18,19)15-11-7-3-4-8-12(11)16/h2,5-6,9,11-12,15-16H,3-4,7-8H2,1H3. The number of carbonyl (C=O) groups is 1. The summed E-state index contributed by atoms with van der Waals surface area (Å²) in [5, 5.41) is 9.89. The number of sulfonamides is 1. The van der Waals surface area contributed by atoms with Gasteiger partial charge in [-0.2, -0.15) is 0 Å². The van der Waals surface area contributed by atoms with Gasteiger partial charge in [-0.3, -0.25) is 0 Å². The SMILES string of the molecule is COC(=O)c1ccccc1S(=O)(=O)NC1CCCCC1O. The van der Waals surface area contributed by atoms with E-state index in [1.54, 1.807) is 6.07 Å². The van der Waals surface area contributed by atoms with Crippen LogP contribution in [0.15, 0.2) is 29.2 Å². The maximum Gasteiger partial charge on any atom is 0.339 e. The van der Waals surface area contributed by atoms with Gasteiger partial charge in [0.25, 0.3) is 0 Å². The van der Waals surface area contributed by atoms with Crippen molar-refractivity contribution >= 4 is 16.0 Å². The topological polar surface area (TPSA) is 92.7 Å². The highest BCUT2D eigenvalue weighted by molar-refractivity contribution is 7.89. The van der Waals surface area contributed by atoms with Gasteiger partial charge < -0.3 is 9.84 Å². The number of methoxy groups -OCH3 is 1. The van der Waals surface area contributed by atoms with Crippen molar-refractivity contribution < 1.29 is 23.1 Å². The number of carbonyl (C=O) groups excluding carboxylic acids is 1. The third-order valence-electron chi connectivity index (χ3n) is 3.62. The maximum atomic E-state index is 12.5. The van der Waals surface area contributed by atoms with Gasteiger partial charge in [0.05, 0.1) is 23.7 Å². The average molecular weight is 313 g/mol. The number of nitrogens with one attached hydrogen (secondary N) is 1. The van der Waals surface area contributed by atoms with Crippen LogP contribution in [0.25, 0.3) is 0 Å². The van der Waals surface area contributed by atoms with Gasteiger partial charge in [-0.15, -0.1) is 0 Å². The third kappa shape index (κ3) is 3.61. The number of hydrogen-bond donors (Lipinski definition) is 2. The molecule has 2 N–H and O–H groups in total. The minimum Gasteiger partial charge on any atom is -0.465 e. The summed E-state index contributed by atoms with van der Waals surface area (Å²) >= 11 is 0. The molecule has 0 aliphatic heterocycles. The molecule has 0 bridgehead atoms. The Morgan fingerprint density at radius 1 is 1.29 bits per heavy atom. The van der Waals surface area contributed by atoms with Crippen LogP contribution in [0, 0.1) is 0 Å². The molecule has 1 aromatic carbocycles. The second kappa shape index (κ2) is 6.55. The third-order valence-corrected chi connectivity index (χ3v) is 5.17. The molecule has 1 aliphatic rings. The Morgan fingerprint density at radius 2 is 1.95 bits per heavy atom. The molecule has 116 valence electrons. The summed E-state index contributed by atoms with van der Waals surface area (Å²) in [6.45, 7) is 0. The van der Waals surface area contributed by atoms with E-state index in [4.69, 9.17) is 0 Å². The maximum absolute atomic E-state index is 12.5. The highest BCUT2D eigenvalue weighted by Gasteiger charge is 2.30. The zero-order valence-corrected chi connectivity index (χ0v) is 12.6. The highest BCUT2D eigenvalue weighted by Crippen LogP contribution is 2.22. The Kier molecular flexibility index (Phi) is 4.97. The first kappa shape index (κ1) is 15.9. The molecule has 1 aliphatic carbocycles. The highest BCUT2D eigenvalue weighted by atomic mass is 32.2. The molecule has 0 amide bonds. The van der Waals surface area contributed by atoms with Crippen molar-refractivity contribution in [2.75, 3.05) is 7.11 Å². The smallest absolute Gasteiger partial charge is 0.339 e. The van der Waals surface area contributed by atoms with Crippen LogP contribution >= 0.6 is 0 Å². The lowest BCUT2D eigenvalue weighted by Gasteiger charge is -2.28. The van der Waals surface area contributed by atoms with Gasteiger partial charge in [-0.25, -0.2) is 17.9 Å². The van der Waals surface area contributed by atoms with E-state index in [0.29, 0.717) is 12.8 Å². The Morgan fingerprint density at radius 3 is 2.62 bits per heavy atom. The average Bonchev–Trinajstić information content (AvgIpc) is 2.48. The van der Waals surface area contributed by atoms with Crippen LogP contribution in [0.4, 0.5) is 0 Å². The molecule has 1 aromatic rings. The van der Waals surface area contributed by atoms with Crippen molar-refractivity contribution in [3.05, 3.63) is 29.8 Å². The van der Waals surface area contributed by atoms with E-state index >= 15 is 0 Å².